The first-order valence-electron chi connectivity index (χ1n) is 20.2. The van der Waals surface area contributed by atoms with E-state index in [2.05, 4.69) is 26.3 Å². The number of hydrazine groups is 1. The summed E-state index contributed by atoms with van der Waals surface area (Å²) in [4.78, 5) is 88.9. The van der Waals surface area contributed by atoms with E-state index < -0.39 is 77.1 Å². The van der Waals surface area contributed by atoms with Crippen LogP contribution >= 0.6 is 0 Å². The topological polar surface area (TPSA) is 340 Å². The maximum atomic E-state index is 13.9. The molecule has 0 bridgehead atoms. The lowest BCUT2D eigenvalue weighted by Gasteiger charge is -2.25. The molecule has 0 aliphatic rings. The average molecular weight is 934 g/mol. The van der Waals surface area contributed by atoms with Gasteiger partial charge in [0.1, 0.15) is 30.5 Å². The molecular weight excluding hydrogens is 880 g/mol. The van der Waals surface area contributed by atoms with Gasteiger partial charge in [-0.25, -0.2) is 29.5 Å². The third kappa shape index (κ3) is 21.2. The number of amides is 4. The molecule has 4 amide bonds. The Hall–Kier alpha value is -7.50. The van der Waals surface area contributed by atoms with E-state index >= 15 is 0 Å². The highest BCUT2D eigenvalue weighted by Crippen LogP contribution is 2.22. The predicted molar refractivity (Wildman–Crippen MR) is 231 cm³/mol. The fraction of sp³-hybridized carbons (Fsp3) is 0.405. The van der Waals surface area contributed by atoms with Crippen LogP contribution in [0.15, 0.2) is 77.8 Å². The molecule has 21 nitrogen and oxygen atoms in total. The van der Waals surface area contributed by atoms with Crippen molar-refractivity contribution >= 4 is 41.7 Å². The number of phenolic OH excluding ortho intramolecular Hbond substituents is 1. The summed E-state index contributed by atoms with van der Waals surface area (Å²) in [5.74, 6) is -6.73. The number of nitrogens with zero attached hydrogens (tertiary/aromatic N) is 2. The number of alkyl halides is 3. The number of nitrogens with two attached hydrogens (primary N) is 2. The second-order valence-corrected chi connectivity index (χ2v) is 14.6. The highest BCUT2D eigenvalue weighted by molar-refractivity contribution is 5.94. The highest BCUT2D eigenvalue weighted by Gasteiger charge is 2.38. The van der Waals surface area contributed by atoms with Gasteiger partial charge in [-0.2, -0.15) is 13.2 Å². The molecule has 0 aliphatic heterocycles. The largest absolute Gasteiger partial charge is 0.508 e. The summed E-state index contributed by atoms with van der Waals surface area (Å²) in [6.45, 7) is 3.76. The molecule has 4 atom stereocenters. The van der Waals surface area contributed by atoms with E-state index in [0.29, 0.717) is 29.5 Å². The number of hydrogen-bond donors (Lipinski definition) is 10. The van der Waals surface area contributed by atoms with Crippen molar-refractivity contribution in [3.8, 4) is 5.75 Å². The van der Waals surface area contributed by atoms with Crippen molar-refractivity contribution in [3.63, 3.8) is 0 Å². The second-order valence-electron chi connectivity index (χ2n) is 14.6. The third-order valence-corrected chi connectivity index (χ3v) is 9.39. The number of carboxylic acids is 2. The van der Waals surface area contributed by atoms with Gasteiger partial charge >= 0.3 is 24.2 Å². The Kier molecular flexibility index (Phi) is 22.9. The summed E-state index contributed by atoms with van der Waals surface area (Å²) in [6.07, 6.45) is -4.89. The number of phenols is 1. The van der Waals surface area contributed by atoms with Crippen molar-refractivity contribution in [3.05, 3.63) is 111 Å². The SMILES string of the molecule is Cc1cc(O)cc(C)c1C[C@H](N)C(=O)N[C@H](CCCN=C(N)N[N+](=O)[O-])C(=O)N[C@@H](Cc1ccccc1)C(=O)N[C@@H](CCCCNC(=O)OCc1ccccc1)C(=O)O.O=C(O)C(F)(F)F. The highest BCUT2D eigenvalue weighted by atomic mass is 19.4. The molecule has 0 saturated carbocycles. The molecule has 0 heterocycles. The molecule has 0 aliphatic carbocycles. The molecule has 360 valence electrons. The number of carbonyl (C=O) groups is 6. The molecule has 3 aromatic carbocycles. The van der Waals surface area contributed by atoms with E-state index in [1.54, 1.807) is 61.7 Å². The van der Waals surface area contributed by atoms with Crippen LogP contribution in [0.5, 0.6) is 5.75 Å². The number of aryl methyl sites for hydroxylation is 2. The molecule has 0 radical (unpaired) electrons. The van der Waals surface area contributed by atoms with Crippen molar-refractivity contribution in [2.75, 3.05) is 13.1 Å². The first kappa shape index (κ1) is 54.6. The maximum absolute atomic E-state index is 13.9. The van der Waals surface area contributed by atoms with E-state index in [0.717, 1.165) is 11.1 Å². The van der Waals surface area contributed by atoms with Crippen LogP contribution in [0.3, 0.4) is 0 Å². The van der Waals surface area contributed by atoms with E-state index in [1.807, 2.05) is 30.3 Å². The van der Waals surface area contributed by atoms with Crippen LogP contribution in [0.2, 0.25) is 0 Å². The minimum atomic E-state index is -5.08. The molecule has 0 saturated heterocycles. The maximum Gasteiger partial charge on any atom is 0.490 e. The molecule has 3 aromatic rings. The minimum Gasteiger partial charge on any atom is -0.508 e. The molecule has 0 aromatic heterocycles. The second kappa shape index (κ2) is 27.6. The van der Waals surface area contributed by atoms with Gasteiger partial charge in [-0.1, -0.05) is 66.1 Å². The van der Waals surface area contributed by atoms with Gasteiger partial charge in [-0.15, -0.1) is 0 Å². The number of carboxylic acid groups (broad SMARTS) is 2. The number of aliphatic imine (C=N–C) groups is 1. The Bertz CT molecular complexity index is 2110. The zero-order valence-corrected chi connectivity index (χ0v) is 36.0. The molecule has 0 spiro atoms. The first-order valence-corrected chi connectivity index (χ1v) is 20.2. The van der Waals surface area contributed by atoms with Crippen molar-refractivity contribution in [2.45, 2.75) is 95.7 Å². The number of nitrogens with one attached hydrogen (secondary N) is 5. The van der Waals surface area contributed by atoms with Crippen molar-refractivity contribution in [1.29, 1.82) is 0 Å². The number of aliphatic carboxylic acids is 2. The number of rotatable bonds is 23. The number of alkyl carbamates (subject to hydrolysis) is 1. The van der Waals surface area contributed by atoms with Gasteiger partial charge in [0.15, 0.2) is 5.03 Å². The zero-order chi connectivity index (χ0) is 49.4. The molecule has 12 N–H and O–H groups in total. The molecular formula is C42H54F3N9O12. The van der Waals surface area contributed by atoms with Gasteiger partial charge < -0.3 is 52.8 Å². The van der Waals surface area contributed by atoms with E-state index in [4.69, 9.17) is 26.1 Å². The summed E-state index contributed by atoms with van der Waals surface area (Å²) in [5.41, 5.74) is 17.1. The third-order valence-electron chi connectivity index (χ3n) is 9.39. The standard InChI is InChI=1S/C40H53N9O10.C2HF3O2/c1-25-20-29(50)21-26(2)30(25)23-31(41)35(51)45-32(17-11-19-43-39(42)48-49(57)58)36(52)47-34(22-27-12-5-3-6-13-27)37(53)46-33(38(54)55)16-9-10-18-44-40(56)59-24-28-14-7-4-8-15-28;3-2(4,5)1(6)7/h3-8,12-15,20-21,31-34,50H,9-11,16-19,22-24,41H2,1-2H3,(H,44,56)(H,45,51)(H,46,53)(H,47,52)(H,54,55)(H3,42,43,48);(H,6,7)/t31-,32+,33-,34-;/m0./s1. The first-order chi connectivity index (χ1) is 31.1. The van der Waals surface area contributed by atoms with Crippen LogP contribution in [0.25, 0.3) is 0 Å². The minimum absolute atomic E-state index is 0.0132. The number of hydrogen-bond acceptors (Lipinski definition) is 12. The summed E-state index contributed by atoms with van der Waals surface area (Å²) in [5, 5.41) is 47.3. The smallest absolute Gasteiger partial charge is 0.490 e. The molecule has 24 heteroatoms. The Morgan fingerprint density at radius 1 is 0.788 bits per heavy atom. The van der Waals surface area contributed by atoms with Crippen LogP contribution in [0, 0.1) is 24.0 Å². The number of aromatic hydroxyl groups is 1. The number of halogens is 3. The summed E-state index contributed by atoms with van der Waals surface area (Å²) in [7, 11) is 0. The number of benzene rings is 3. The van der Waals surface area contributed by atoms with Gasteiger partial charge in [-0.3, -0.25) is 14.4 Å². The lowest BCUT2D eigenvalue weighted by Crippen LogP contribution is -2.57. The van der Waals surface area contributed by atoms with Crippen LogP contribution in [-0.2, 0) is 48.2 Å². The Morgan fingerprint density at radius 3 is 1.85 bits per heavy atom. The molecule has 3 rings (SSSR count). The van der Waals surface area contributed by atoms with Gasteiger partial charge in [0.05, 0.1) is 6.04 Å². The summed E-state index contributed by atoms with van der Waals surface area (Å²) in [6, 6.07) is 15.9. The van der Waals surface area contributed by atoms with Gasteiger partial charge in [0.2, 0.25) is 17.7 Å². The van der Waals surface area contributed by atoms with Crippen LogP contribution in [-0.4, -0.2) is 105 Å². The number of guanidine groups is 1. The molecule has 0 fully saturated rings. The fourth-order valence-electron chi connectivity index (χ4n) is 6.08. The van der Waals surface area contributed by atoms with Crippen LogP contribution in [0.1, 0.15) is 59.9 Å². The average Bonchev–Trinajstić information content (AvgIpc) is 3.24. The number of carbonyl (C=O) groups excluding carboxylic acids is 4. The van der Waals surface area contributed by atoms with Crippen molar-refractivity contribution < 1.29 is 67.0 Å². The van der Waals surface area contributed by atoms with Crippen LogP contribution < -0.4 is 38.2 Å². The normalized spacial score (nSPS) is 13.0. The van der Waals surface area contributed by atoms with Gasteiger partial charge in [-0.05, 0) is 92.3 Å². The molecule has 66 heavy (non-hydrogen) atoms. The Labute approximate surface area is 376 Å². The van der Waals surface area contributed by atoms with Crippen molar-refractivity contribution in [1.82, 2.24) is 26.7 Å². The Balaban J connectivity index is 0.00000197. The van der Waals surface area contributed by atoms with E-state index in [1.165, 1.54) is 0 Å². The van der Waals surface area contributed by atoms with E-state index in [9.17, 15) is 57.5 Å². The quantitative estimate of drug-likeness (QED) is 0.0214. The summed E-state index contributed by atoms with van der Waals surface area (Å²) >= 11 is 0. The number of unbranched alkanes of at least 4 members (excludes halogenated alkanes) is 1. The number of nitro groups is 1. The zero-order valence-electron chi connectivity index (χ0n) is 36.0. The Morgan fingerprint density at radius 2 is 1.30 bits per heavy atom. The van der Waals surface area contributed by atoms with Crippen LogP contribution in [0.4, 0.5) is 18.0 Å². The monoisotopic (exact) mass is 933 g/mol. The lowest BCUT2D eigenvalue weighted by molar-refractivity contribution is -0.525. The predicted octanol–water partition coefficient (Wildman–Crippen LogP) is 2.27. The molecule has 0 unspecified atom stereocenters. The number of ether oxygens (including phenoxy) is 1. The summed E-state index contributed by atoms with van der Waals surface area (Å²) < 4.78 is 36.9. The lowest BCUT2D eigenvalue weighted by atomic mass is 9.95. The van der Waals surface area contributed by atoms with E-state index in [-0.39, 0.29) is 57.6 Å². The van der Waals surface area contributed by atoms with Gasteiger partial charge in [0.25, 0.3) is 5.96 Å². The fourth-order valence-corrected chi connectivity index (χ4v) is 6.08. The van der Waals surface area contributed by atoms with Gasteiger partial charge in [0, 0.05) is 19.5 Å². The van der Waals surface area contributed by atoms with Crippen molar-refractivity contribution in [2.24, 2.45) is 16.5 Å².